The molecule has 0 radical (unpaired) electrons. The first kappa shape index (κ1) is 21.0. The normalized spacial score (nSPS) is 17.4. The summed E-state index contributed by atoms with van der Waals surface area (Å²) in [5.74, 6) is 2.17. The van der Waals surface area contributed by atoms with Crippen LogP contribution in [-0.2, 0) is 18.3 Å². The number of anilines is 1. The monoisotopic (exact) mass is 403 g/mol. The molecule has 2 N–H and O–H groups in total. The first-order valence-corrected chi connectivity index (χ1v) is 9.96. The molecule has 1 aliphatic heterocycles. The Bertz CT molecular complexity index is 823. The molecule has 1 aromatic carbocycles. The quantitative estimate of drug-likeness (QED) is 0.415. The van der Waals surface area contributed by atoms with Crippen molar-refractivity contribution in [3.8, 4) is 0 Å². The highest BCUT2D eigenvalue weighted by Crippen LogP contribution is 2.20. The Balaban J connectivity index is 1.65. The number of nitrogens with one attached hydrogen (secondary N) is 2. The molecule has 0 amide bonds. The van der Waals surface area contributed by atoms with Gasteiger partial charge in [-0.1, -0.05) is 6.07 Å². The third kappa shape index (κ3) is 5.90. The van der Waals surface area contributed by atoms with Gasteiger partial charge in [0.15, 0.2) is 11.8 Å². The molecule has 9 heteroatoms. The van der Waals surface area contributed by atoms with E-state index in [4.69, 9.17) is 4.74 Å². The number of rotatable bonds is 7. The van der Waals surface area contributed by atoms with Gasteiger partial charge in [0.05, 0.1) is 6.61 Å². The molecule has 2 heterocycles. The van der Waals surface area contributed by atoms with E-state index in [2.05, 4.69) is 30.7 Å². The molecule has 1 aliphatic rings. The second-order valence-corrected chi connectivity index (χ2v) is 7.22. The number of halogens is 1. The van der Waals surface area contributed by atoms with Crippen molar-refractivity contribution < 1.29 is 9.13 Å². The van der Waals surface area contributed by atoms with Crippen molar-refractivity contribution in [1.82, 2.24) is 25.4 Å². The zero-order valence-electron chi connectivity index (χ0n) is 17.4. The Morgan fingerprint density at radius 2 is 2.24 bits per heavy atom. The first-order valence-electron chi connectivity index (χ1n) is 9.96. The summed E-state index contributed by atoms with van der Waals surface area (Å²) in [7, 11) is 3.61. The van der Waals surface area contributed by atoms with Gasteiger partial charge in [-0.05, 0) is 38.0 Å². The van der Waals surface area contributed by atoms with Gasteiger partial charge in [0.1, 0.15) is 18.2 Å². The minimum atomic E-state index is -0.208. The second-order valence-electron chi connectivity index (χ2n) is 7.22. The molecule has 0 bridgehead atoms. The lowest BCUT2D eigenvalue weighted by Gasteiger charge is -2.35. The standard InChI is InChI=1S/C20H30FN7O/c1-15-25-26-19(27(15)2)13-23-20(22-9-11-29-3)24-17-7-5-10-28(14-17)18-8-4-6-16(21)12-18/h4,6,8,12,17H,5,7,9-11,13-14H2,1-3H3,(H2,22,23,24). The van der Waals surface area contributed by atoms with Gasteiger partial charge in [-0.15, -0.1) is 10.2 Å². The van der Waals surface area contributed by atoms with Crippen molar-refractivity contribution in [2.75, 3.05) is 38.3 Å². The summed E-state index contributed by atoms with van der Waals surface area (Å²) in [6.07, 6.45) is 2.06. The molecule has 158 valence electrons. The third-order valence-corrected chi connectivity index (χ3v) is 5.10. The van der Waals surface area contributed by atoms with Crippen LogP contribution in [0.5, 0.6) is 0 Å². The fourth-order valence-electron chi connectivity index (χ4n) is 3.36. The molecular formula is C20H30FN7O. The summed E-state index contributed by atoms with van der Waals surface area (Å²) < 4.78 is 20.7. The Kier molecular flexibility index (Phi) is 7.40. The van der Waals surface area contributed by atoms with Gasteiger partial charge in [-0.3, -0.25) is 0 Å². The molecule has 0 saturated carbocycles. The molecule has 0 aliphatic carbocycles. The second kappa shape index (κ2) is 10.2. The third-order valence-electron chi connectivity index (χ3n) is 5.10. The molecule has 1 aromatic heterocycles. The summed E-state index contributed by atoms with van der Waals surface area (Å²) in [6, 6.07) is 6.98. The Hall–Kier alpha value is -2.68. The van der Waals surface area contributed by atoms with Gasteiger partial charge in [0, 0.05) is 45.5 Å². The molecule has 8 nitrogen and oxygen atoms in total. The largest absolute Gasteiger partial charge is 0.383 e. The first-order chi connectivity index (χ1) is 14.1. The van der Waals surface area contributed by atoms with Gasteiger partial charge >= 0.3 is 0 Å². The van der Waals surface area contributed by atoms with Crippen LogP contribution in [0.25, 0.3) is 0 Å². The summed E-state index contributed by atoms with van der Waals surface area (Å²) >= 11 is 0. The minimum absolute atomic E-state index is 0.208. The lowest BCUT2D eigenvalue weighted by molar-refractivity contribution is 0.203. The van der Waals surface area contributed by atoms with Crippen LogP contribution >= 0.6 is 0 Å². The van der Waals surface area contributed by atoms with Crippen molar-refractivity contribution >= 4 is 11.6 Å². The highest BCUT2D eigenvalue weighted by molar-refractivity contribution is 5.80. The maximum Gasteiger partial charge on any atom is 0.192 e. The highest BCUT2D eigenvalue weighted by atomic mass is 19.1. The molecule has 3 rings (SSSR count). The van der Waals surface area contributed by atoms with E-state index in [-0.39, 0.29) is 11.9 Å². The van der Waals surface area contributed by atoms with E-state index >= 15 is 0 Å². The summed E-state index contributed by atoms with van der Waals surface area (Å²) in [6.45, 7) is 5.30. The molecule has 29 heavy (non-hydrogen) atoms. The van der Waals surface area contributed by atoms with Gasteiger partial charge in [0.25, 0.3) is 0 Å². The van der Waals surface area contributed by atoms with Crippen molar-refractivity contribution in [2.24, 2.45) is 12.0 Å². The van der Waals surface area contributed by atoms with Gasteiger partial charge in [0.2, 0.25) is 0 Å². The molecule has 0 spiro atoms. The predicted molar refractivity (Wildman–Crippen MR) is 112 cm³/mol. The van der Waals surface area contributed by atoms with Crippen LogP contribution in [0.15, 0.2) is 29.3 Å². The maximum atomic E-state index is 13.6. The number of aryl methyl sites for hydroxylation is 1. The highest BCUT2D eigenvalue weighted by Gasteiger charge is 2.21. The van der Waals surface area contributed by atoms with Crippen LogP contribution in [0, 0.1) is 12.7 Å². The Morgan fingerprint density at radius 3 is 2.97 bits per heavy atom. The molecular weight excluding hydrogens is 373 g/mol. The average molecular weight is 404 g/mol. The van der Waals surface area contributed by atoms with E-state index in [0.29, 0.717) is 25.7 Å². The number of hydrogen-bond donors (Lipinski definition) is 2. The van der Waals surface area contributed by atoms with Crippen molar-refractivity contribution in [2.45, 2.75) is 32.4 Å². The zero-order valence-corrected chi connectivity index (χ0v) is 17.4. The number of ether oxygens (including phenoxy) is 1. The molecule has 1 saturated heterocycles. The van der Waals surface area contributed by atoms with Gasteiger partial charge in [-0.25, -0.2) is 9.38 Å². The number of methoxy groups -OCH3 is 1. The zero-order chi connectivity index (χ0) is 20.6. The molecule has 2 aromatic rings. The predicted octanol–water partition coefficient (Wildman–Crippen LogP) is 1.61. The van der Waals surface area contributed by atoms with Crippen LogP contribution < -0.4 is 15.5 Å². The van der Waals surface area contributed by atoms with Crippen molar-refractivity contribution in [1.29, 1.82) is 0 Å². The Labute approximate surface area is 171 Å². The van der Waals surface area contributed by atoms with E-state index in [1.165, 1.54) is 6.07 Å². The molecule has 1 atom stereocenters. The number of benzene rings is 1. The topological polar surface area (TPSA) is 79.6 Å². The van der Waals surface area contributed by atoms with E-state index in [1.807, 2.05) is 24.6 Å². The number of nitrogens with zero attached hydrogens (tertiary/aromatic N) is 5. The maximum absolute atomic E-state index is 13.6. The summed E-state index contributed by atoms with van der Waals surface area (Å²) in [5.41, 5.74) is 0.914. The van der Waals surface area contributed by atoms with Crippen molar-refractivity contribution in [3.63, 3.8) is 0 Å². The molecule has 1 fully saturated rings. The van der Waals surface area contributed by atoms with Crippen LogP contribution in [-0.4, -0.2) is 60.1 Å². The van der Waals surface area contributed by atoms with Gasteiger partial charge < -0.3 is 24.8 Å². The number of aromatic nitrogens is 3. The fraction of sp³-hybridized carbons (Fsp3) is 0.550. The van der Waals surface area contributed by atoms with E-state index in [0.717, 1.165) is 43.3 Å². The Morgan fingerprint density at radius 1 is 1.38 bits per heavy atom. The average Bonchev–Trinajstić information content (AvgIpc) is 3.04. The van der Waals surface area contributed by atoms with Crippen LogP contribution in [0.3, 0.4) is 0 Å². The number of hydrogen-bond acceptors (Lipinski definition) is 5. The SMILES string of the molecule is COCCNC(=NCc1nnc(C)n1C)NC1CCCN(c2cccc(F)c2)C1. The summed E-state index contributed by atoms with van der Waals surface area (Å²) in [4.78, 5) is 6.89. The van der Waals surface area contributed by atoms with Crippen LogP contribution in [0.4, 0.5) is 10.1 Å². The lowest BCUT2D eigenvalue weighted by atomic mass is 10.0. The van der Waals surface area contributed by atoms with E-state index in [9.17, 15) is 4.39 Å². The van der Waals surface area contributed by atoms with E-state index in [1.54, 1.807) is 19.2 Å². The number of aliphatic imine (C=N–C) groups is 1. The minimum Gasteiger partial charge on any atom is -0.383 e. The van der Waals surface area contributed by atoms with E-state index < -0.39 is 0 Å². The van der Waals surface area contributed by atoms with Crippen LogP contribution in [0.1, 0.15) is 24.5 Å². The summed E-state index contributed by atoms with van der Waals surface area (Å²) in [5, 5.41) is 15.1. The molecule has 1 unspecified atom stereocenters. The van der Waals surface area contributed by atoms with Gasteiger partial charge in [-0.2, -0.15) is 0 Å². The van der Waals surface area contributed by atoms with Crippen molar-refractivity contribution in [3.05, 3.63) is 41.7 Å². The van der Waals surface area contributed by atoms with Crippen LogP contribution in [0.2, 0.25) is 0 Å². The number of piperidine rings is 1. The fourth-order valence-corrected chi connectivity index (χ4v) is 3.36. The lowest BCUT2D eigenvalue weighted by Crippen LogP contribution is -2.51. The number of guanidine groups is 1. The smallest absolute Gasteiger partial charge is 0.192 e.